The number of furan rings is 1. The summed E-state index contributed by atoms with van der Waals surface area (Å²) in [6.07, 6.45) is 0. The second kappa shape index (κ2) is 7.24. The first-order chi connectivity index (χ1) is 14.7. The Balaban J connectivity index is 1.54. The van der Waals surface area contributed by atoms with Gasteiger partial charge in [0.25, 0.3) is 11.6 Å². The van der Waals surface area contributed by atoms with E-state index in [2.05, 4.69) is 10.6 Å². The van der Waals surface area contributed by atoms with Crippen LogP contribution < -0.4 is 10.6 Å². The molecule has 1 saturated heterocycles. The van der Waals surface area contributed by atoms with Crippen LogP contribution >= 0.6 is 0 Å². The van der Waals surface area contributed by atoms with Gasteiger partial charge in [-0.15, -0.1) is 0 Å². The van der Waals surface area contributed by atoms with Crippen LogP contribution in [0, 0.1) is 17.0 Å². The van der Waals surface area contributed by atoms with Crippen LogP contribution in [0.5, 0.6) is 0 Å². The molecule has 1 atom stereocenters. The Labute approximate surface area is 176 Å². The topological polar surface area (TPSA) is 135 Å². The summed E-state index contributed by atoms with van der Waals surface area (Å²) in [4.78, 5) is 49.3. The van der Waals surface area contributed by atoms with Gasteiger partial charge in [-0.05, 0) is 37.6 Å². The maximum Gasteiger partial charge on any atom is 0.325 e. The smallest absolute Gasteiger partial charge is 0.325 e. The Kier molecular flexibility index (Phi) is 4.69. The number of nitrogens with one attached hydrogen (secondary N) is 2. The molecule has 2 aromatic carbocycles. The van der Waals surface area contributed by atoms with Gasteiger partial charge >= 0.3 is 6.03 Å². The van der Waals surface area contributed by atoms with Crippen LogP contribution in [0.1, 0.15) is 18.2 Å². The average molecular weight is 422 g/mol. The van der Waals surface area contributed by atoms with E-state index in [1.807, 2.05) is 12.1 Å². The number of nitro benzene ring substituents is 1. The number of amides is 4. The predicted octanol–water partition coefficient (Wildman–Crippen LogP) is 3.06. The minimum absolute atomic E-state index is 0.0206. The van der Waals surface area contributed by atoms with E-state index in [1.165, 1.54) is 19.1 Å². The van der Waals surface area contributed by atoms with Gasteiger partial charge in [-0.25, -0.2) is 4.79 Å². The monoisotopic (exact) mass is 422 g/mol. The quantitative estimate of drug-likeness (QED) is 0.369. The SMILES string of the molecule is Cc1ccc(NC(=O)CN2C(=O)NC(C)(c3cc4ccccc4o3)C2=O)c([N+](=O)[O-])c1. The first-order valence-corrected chi connectivity index (χ1v) is 9.37. The van der Waals surface area contributed by atoms with Gasteiger partial charge in [0, 0.05) is 11.5 Å². The fourth-order valence-corrected chi connectivity index (χ4v) is 3.47. The number of aryl methyl sites for hydroxylation is 1. The molecule has 0 saturated carbocycles. The van der Waals surface area contributed by atoms with E-state index in [0.717, 1.165) is 10.3 Å². The Hall–Kier alpha value is -4.21. The number of carbonyl (C=O) groups excluding carboxylic acids is 3. The fraction of sp³-hybridized carbons (Fsp3) is 0.190. The number of urea groups is 1. The minimum atomic E-state index is -1.48. The molecule has 4 amide bonds. The molecule has 1 fully saturated rings. The molecule has 1 unspecified atom stereocenters. The van der Waals surface area contributed by atoms with Crippen molar-refractivity contribution in [2.75, 3.05) is 11.9 Å². The number of imide groups is 1. The summed E-state index contributed by atoms with van der Waals surface area (Å²) in [5, 5.41) is 17.0. The summed E-state index contributed by atoms with van der Waals surface area (Å²) in [7, 11) is 0. The van der Waals surface area contributed by atoms with Crippen molar-refractivity contribution >= 4 is 40.2 Å². The zero-order valence-corrected chi connectivity index (χ0v) is 16.7. The molecule has 2 heterocycles. The molecule has 1 aromatic heterocycles. The van der Waals surface area contributed by atoms with E-state index in [1.54, 1.807) is 31.2 Å². The number of nitro groups is 1. The summed E-state index contributed by atoms with van der Waals surface area (Å²) in [6, 6.07) is 12.4. The number of rotatable bonds is 5. The lowest BCUT2D eigenvalue weighted by Crippen LogP contribution is -2.41. The van der Waals surface area contributed by atoms with Crippen molar-refractivity contribution < 1.29 is 23.7 Å². The van der Waals surface area contributed by atoms with E-state index in [0.29, 0.717) is 11.1 Å². The standard InChI is InChI=1S/C21H18N4O6/c1-12-7-8-14(15(9-12)25(29)30)22-18(26)11-24-19(27)21(2,23-20(24)28)17-10-13-5-3-4-6-16(13)31-17/h3-10H,11H2,1-2H3,(H,22,26)(H,23,28). The zero-order valence-electron chi connectivity index (χ0n) is 16.7. The normalized spacial score (nSPS) is 18.3. The van der Waals surface area contributed by atoms with Crippen molar-refractivity contribution in [2.24, 2.45) is 0 Å². The Morgan fingerprint density at radius 3 is 2.68 bits per heavy atom. The average Bonchev–Trinajstić information content (AvgIpc) is 3.25. The lowest BCUT2D eigenvalue weighted by molar-refractivity contribution is -0.384. The molecular formula is C21H18N4O6. The Bertz CT molecular complexity index is 1220. The van der Waals surface area contributed by atoms with Gasteiger partial charge in [0.15, 0.2) is 5.54 Å². The number of hydrogen-bond donors (Lipinski definition) is 2. The third kappa shape index (κ3) is 3.48. The number of benzene rings is 2. The predicted molar refractivity (Wildman–Crippen MR) is 110 cm³/mol. The molecule has 0 radical (unpaired) electrons. The molecule has 0 spiro atoms. The lowest BCUT2D eigenvalue weighted by atomic mass is 9.99. The maximum atomic E-state index is 13.0. The van der Waals surface area contributed by atoms with Crippen LogP contribution in [-0.4, -0.2) is 34.2 Å². The summed E-state index contributed by atoms with van der Waals surface area (Å²) in [6.45, 7) is 2.57. The molecule has 4 rings (SSSR count). The highest BCUT2D eigenvalue weighted by molar-refractivity contribution is 6.10. The number of anilines is 1. The van der Waals surface area contributed by atoms with Crippen LogP contribution in [0.15, 0.2) is 52.9 Å². The molecule has 0 bridgehead atoms. The Morgan fingerprint density at radius 1 is 1.23 bits per heavy atom. The Morgan fingerprint density at radius 2 is 1.97 bits per heavy atom. The third-order valence-corrected chi connectivity index (χ3v) is 5.12. The van der Waals surface area contributed by atoms with E-state index < -0.39 is 34.9 Å². The largest absolute Gasteiger partial charge is 0.458 e. The molecule has 31 heavy (non-hydrogen) atoms. The number of hydrogen-bond acceptors (Lipinski definition) is 6. The highest BCUT2D eigenvalue weighted by Gasteiger charge is 2.51. The molecule has 2 N–H and O–H groups in total. The molecule has 0 aliphatic carbocycles. The van der Waals surface area contributed by atoms with Gasteiger partial charge in [-0.2, -0.15) is 0 Å². The third-order valence-electron chi connectivity index (χ3n) is 5.12. The van der Waals surface area contributed by atoms with Gasteiger partial charge < -0.3 is 15.1 Å². The maximum absolute atomic E-state index is 13.0. The van der Waals surface area contributed by atoms with Crippen LogP contribution in [0.2, 0.25) is 0 Å². The summed E-state index contributed by atoms with van der Waals surface area (Å²) in [5.74, 6) is -1.17. The molecule has 1 aliphatic rings. The second-order valence-electron chi connectivity index (χ2n) is 7.42. The summed E-state index contributed by atoms with van der Waals surface area (Å²) in [5.41, 5.74) is -0.568. The number of carbonyl (C=O) groups is 3. The lowest BCUT2D eigenvalue weighted by Gasteiger charge is -2.18. The van der Waals surface area contributed by atoms with Crippen molar-refractivity contribution in [1.82, 2.24) is 10.2 Å². The first kappa shape index (κ1) is 20.1. The summed E-state index contributed by atoms with van der Waals surface area (Å²) >= 11 is 0. The van der Waals surface area contributed by atoms with E-state index in [9.17, 15) is 24.5 Å². The van der Waals surface area contributed by atoms with Crippen molar-refractivity contribution in [3.05, 3.63) is 70.0 Å². The van der Waals surface area contributed by atoms with Gasteiger partial charge in [0.1, 0.15) is 23.6 Å². The first-order valence-electron chi connectivity index (χ1n) is 9.37. The van der Waals surface area contributed by atoms with Gasteiger partial charge in [-0.3, -0.25) is 24.6 Å². The van der Waals surface area contributed by atoms with Crippen LogP contribution in [0.25, 0.3) is 11.0 Å². The molecule has 158 valence electrons. The molecule has 10 nitrogen and oxygen atoms in total. The van der Waals surface area contributed by atoms with Crippen LogP contribution in [0.3, 0.4) is 0 Å². The van der Waals surface area contributed by atoms with Crippen LogP contribution in [0.4, 0.5) is 16.2 Å². The van der Waals surface area contributed by atoms with Gasteiger partial charge in [0.2, 0.25) is 5.91 Å². The minimum Gasteiger partial charge on any atom is -0.458 e. The summed E-state index contributed by atoms with van der Waals surface area (Å²) < 4.78 is 5.74. The van der Waals surface area contributed by atoms with Crippen molar-refractivity contribution in [3.63, 3.8) is 0 Å². The molecule has 10 heteroatoms. The van der Waals surface area contributed by atoms with Crippen molar-refractivity contribution in [3.8, 4) is 0 Å². The van der Waals surface area contributed by atoms with Gasteiger partial charge in [-0.1, -0.05) is 24.3 Å². The second-order valence-corrected chi connectivity index (χ2v) is 7.42. The van der Waals surface area contributed by atoms with Crippen molar-refractivity contribution in [1.29, 1.82) is 0 Å². The van der Waals surface area contributed by atoms with Gasteiger partial charge in [0.05, 0.1) is 4.92 Å². The molecule has 3 aromatic rings. The van der Waals surface area contributed by atoms with E-state index in [-0.39, 0.29) is 17.1 Å². The number of fused-ring (bicyclic) bond motifs is 1. The van der Waals surface area contributed by atoms with Crippen LogP contribution in [-0.2, 0) is 15.1 Å². The highest BCUT2D eigenvalue weighted by Crippen LogP contribution is 2.33. The molecule has 1 aliphatic heterocycles. The van der Waals surface area contributed by atoms with E-state index in [4.69, 9.17) is 4.42 Å². The van der Waals surface area contributed by atoms with E-state index >= 15 is 0 Å². The highest BCUT2D eigenvalue weighted by atomic mass is 16.6. The zero-order chi connectivity index (χ0) is 22.3. The molecular weight excluding hydrogens is 404 g/mol. The number of nitrogens with zero attached hydrogens (tertiary/aromatic N) is 2. The fourth-order valence-electron chi connectivity index (χ4n) is 3.47. The number of para-hydroxylation sites is 1. The van der Waals surface area contributed by atoms with Crippen molar-refractivity contribution in [2.45, 2.75) is 19.4 Å².